The van der Waals surface area contributed by atoms with Gasteiger partial charge in [-0.05, 0) is 73.7 Å². The molecular weight excluding hydrogens is 474 g/mol. The number of halogens is 1. The molecule has 0 saturated carbocycles. The molecule has 0 radical (unpaired) electrons. The van der Waals surface area contributed by atoms with Gasteiger partial charge in [-0.2, -0.15) is 0 Å². The van der Waals surface area contributed by atoms with Crippen LogP contribution in [0.4, 0.5) is 5.69 Å². The van der Waals surface area contributed by atoms with Gasteiger partial charge in [0, 0.05) is 15.6 Å². The normalized spacial score (nSPS) is 13.0. The highest BCUT2D eigenvalue weighted by atomic mass is 35.5. The monoisotopic (exact) mass is 495 g/mol. The van der Waals surface area contributed by atoms with Gasteiger partial charge in [-0.25, -0.2) is 9.36 Å². The number of carbonyl (C=O) groups excluding carboxylic acids is 1. The van der Waals surface area contributed by atoms with Gasteiger partial charge in [0.1, 0.15) is 17.1 Å². The van der Waals surface area contributed by atoms with E-state index in [0.29, 0.717) is 32.4 Å². The summed E-state index contributed by atoms with van der Waals surface area (Å²) in [7, 11) is 1.55. The topological polar surface area (TPSA) is 82.3 Å². The molecular formula is C25H22ClN3O4S. The minimum Gasteiger partial charge on any atom is -0.497 e. The molecule has 34 heavy (non-hydrogen) atoms. The van der Waals surface area contributed by atoms with Crippen molar-refractivity contribution >= 4 is 44.7 Å². The van der Waals surface area contributed by atoms with Crippen molar-refractivity contribution in [2.24, 2.45) is 0 Å². The first-order chi connectivity index (χ1) is 16.5. The number of hydrogen-bond donors (Lipinski definition) is 1. The van der Waals surface area contributed by atoms with Crippen LogP contribution in [0.25, 0.3) is 15.9 Å². The highest BCUT2D eigenvalue weighted by Gasteiger charge is 2.25. The van der Waals surface area contributed by atoms with Crippen LogP contribution < -0.4 is 21.3 Å². The lowest BCUT2D eigenvalue weighted by molar-refractivity contribution is -0.116. The van der Waals surface area contributed by atoms with Crippen molar-refractivity contribution < 1.29 is 9.53 Å². The van der Waals surface area contributed by atoms with Crippen molar-refractivity contribution in [3.05, 3.63) is 84.8 Å². The fraction of sp³-hybridized carbons (Fsp3) is 0.240. The maximum atomic E-state index is 13.6. The molecule has 5 rings (SSSR count). The average Bonchev–Trinajstić information content (AvgIpc) is 3.22. The number of benzene rings is 2. The fourth-order valence-corrected chi connectivity index (χ4v) is 5.94. The number of anilines is 1. The molecule has 1 aliphatic rings. The SMILES string of the molecule is COc1ccc(-n2c(=O)c3c4c(sc3n(CC(=O)Nc3cccc(Cl)c3)c2=O)CCCC4)cc1. The molecule has 0 unspecified atom stereocenters. The molecule has 4 aromatic rings. The summed E-state index contributed by atoms with van der Waals surface area (Å²) in [6.45, 7) is -0.225. The second-order valence-corrected chi connectivity index (χ2v) is 9.68. The van der Waals surface area contributed by atoms with E-state index >= 15 is 0 Å². The summed E-state index contributed by atoms with van der Waals surface area (Å²) >= 11 is 7.47. The van der Waals surface area contributed by atoms with Crippen LogP contribution in [-0.2, 0) is 24.2 Å². The first-order valence-electron chi connectivity index (χ1n) is 11.0. The molecule has 1 N–H and O–H groups in total. The Labute approximate surface area is 204 Å². The summed E-state index contributed by atoms with van der Waals surface area (Å²) in [5.41, 5.74) is 1.06. The summed E-state index contributed by atoms with van der Waals surface area (Å²) in [5, 5.41) is 3.82. The molecule has 9 heteroatoms. The maximum Gasteiger partial charge on any atom is 0.337 e. The number of amides is 1. The minimum absolute atomic E-state index is 0.225. The van der Waals surface area contributed by atoms with E-state index in [0.717, 1.165) is 40.7 Å². The molecule has 174 valence electrons. The molecule has 1 aliphatic carbocycles. The van der Waals surface area contributed by atoms with Crippen molar-refractivity contribution in [2.75, 3.05) is 12.4 Å². The molecule has 0 aliphatic heterocycles. The Balaban J connectivity index is 1.66. The lowest BCUT2D eigenvalue weighted by atomic mass is 9.97. The predicted molar refractivity (Wildman–Crippen MR) is 135 cm³/mol. The molecule has 2 heterocycles. The standard InChI is InChI=1S/C25H22ClN3O4S/c1-33-18-11-9-17(10-12-18)29-23(31)22-19-7-2-3-8-20(19)34-24(22)28(25(29)32)14-21(30)27-16-6-4-5-15(26)13-16/h4-6,9-13H,2-3,7-8,14H2,1H3,(H,27,30). The molecule has 2 aromatic carbocycles. The predicted octanol–water partition coefficient (Wildman–Crippen LogP) is 4.39. The summed E-state index contributed by atoms with van der Waals surface area (Å²) in [6, 6.07) is 13.6. The second kappa shape index (κ2) is 9.12. The fourth-order valence-electron chi connectivity index (χ4n) is 4.38. The summed E-state index contributed by atoms with van der Waals surface area (Å²) in [6.07, 6.45) is 3.71. The zero-order valence-corrected chi connectivity index (χ0v) is 20.0. The number of nitrogens with zero attached hydrogens (tertiary/aromatic N) is 2. The maximum absolute atomic E-state index is 13.6. The Hall–Kier alpha value is -3.36. The van der Waals surface area contributed by atoms with Crippen LogP contribution in [0.15, 0.2) is 58.1 Å². The zero-order valence-electron chi connectivity index (χ0n) is 18.5. The molecule has 0 saturated heterocycles. The third-order valence-electron chi connectivity index (χ3n) is 5.98. The van der Waals surface area contributed by atoms with Gasteiger partial charge in [0.25, 0.3) is 5.56 Å². The van der Waals surface area contributed by atoms with Gasteiger partial charge in [-0.1, -0.05) is 17.7 Å². The van der Waals surface area contributed by atoms with E-state index in [1.54, 1.807) is 55.6 Å². The summed E-state index contributed by atoms with van der Waals surface area (Å²) in [5.74, 6) is 0.240. The number of thiophene rings is 1. The minimum atomic E-state index is -0.553. The first-order valence-corrected chi connectivity index (χ1v) is 12.2. The van der Waals surface area contributed by atoms with Crippen molar-refractivity contribution in [3.8, 4) is 11.4 Å². The Morgan fingerprint density at radius 3 is 2.62 bits per heavy atom. The van der Waals surface area contributed by atoms with Crippen molar-refractivity contribution in [3.63, 3.8) is 0 Å². The molecule has 0 fully saturated rings. The average molecular weight is 496 g/mol. The van der Waals surface area contributed by atoms with E-state index in [1.165, 1.54) is 15.9 Å². The van der Waals surface area contributed by atoms with Crippen molar-refractivity contribution in [1.29, 1.82) is 0 Å². The number of methoxy groups -OCH3 is 1. The molecule has 0 spiro atoms. The Morgan fingerprint density at radius 1 is 1.12 bits per heavy atom. The summed E-state index contributed by atoms with van der Waals surface area (Å²) < 4.78 is 7.76. The van der Waals surface area contributed by atoms with Gasteiger partial charge < -0.3 is 10.1 Å². The Morgan fingerprint density at radius 2 is 1.88 bits per heavy atom. The van der Waals surface area contributed by atoms with E-state index in [2.05, 4.69) is 5.32 Å². The highest BCUT2D eigenvalue weighted by Crippen LogP contribution is 2.34. The van der Waals surface area contributed by atoms with Gasteiger partial charge in [0.2, 0.25) is 5.91 Å². The van der Waals surface area contributed by atoms with E-state index in [-0.39, 0.29) is 18.0 Å². The number of carbonyl (C=O) groups is 1. The third kappa shape index (κ3) is 4.03. The van der Waals surface area contributed by atoms with Crippen LogP contribution in [0.2, 0.25) is 5.02 Å². The quantitative estimate of drug-likeness (QED) is 0.445. The van der Waals surface area contributed by atoms with E-state index in [1.807, 2.05) is 0 Å². The van der Waals surface area contributed by atoms with Crippen LogP contribution in [0.3, 0.4) is 0 Å². The van der Waals surface area contributed by atoms with E-state index < -0.39 is 5.69 Å². The number of aryl methyl sites for hydroxylation is 2. The molecule has 0 bridgehead atoms. The summed E-state index contributed by atoms with van der Waals surface area (Å²) in [4.78, 5) is 41.8. The lowest BCUT2D eigenvalue weighted by Gasteiger charge is -2.14. The number of nitrogens with one attached hydrogen (secondary N) is 1. The largest absolute Gasteiger partial charge is 0.497 e. The van der Waals surface area contributed by atoms with Gasteiger partial charge >= 0.3 is 5.69 Å². The first kappa shape index (κ1) is 22.4. The van der Waals surface area contributed by atoms with Crippen LogP contribution in [0.1, 0.15) is 23.3 Å². The zero-order chi connectivity index (χ0) is 23.8. The lowest BCUT2D eigenvalue weighted by Crippen LogP contribution is -2.40. The van der Waals surface area contributed by atoms with Crippen LogP contribution in [-0.4, -0.2) is 22.2 Å². The number of ether oxygens (including phenoxy) is 1. The van der Waals surface area contributed by atoms with Crippen LogP contribution in [0.5, 0.6) is 5.75 Å². The smallest absolute Gasteiger partial charge is 0.337 e. The number of rotatable bonds is 5. The number of hydrogen-bond acceptors (Lipinski definition) is 5. The molecule has 1 amide bonds. The van der Waals surface area contributed by atoms with Gasteiger partial charge in [-0.15, -0.1) is 11.3 Å². The Bertz CT molecular complexity index is 1520. The molecule has 0 atom stereocenters. The van der Waals surface area contributed by atoms with Crippen LogP contribution >= 0.6 is 22.9 Å². The van der Waals surface area contributed by atoms with E-state index in [9.17, 15) is 14.4 Å². The van der Waals surface area contributed by atoms with Crippen molar-refractivity contribution in [2.45, 2.75) is 32.2 Å². The second-order valence-electron chi connectivity index (χ2n) is 8.16. The Kier molecular flexibility index (Phi) is 6.02. The van der Waals surface area contributed by atoms with Crippen LogP contribution in [0, 0.1) is 0 Å². The highest BCUT2D eigenvalue weighted by molar-refractivity contribution is 7.18. The van der Waals surface area contributed by atoms with Gasteiger partial charge in [0.15, 0.2) is 0 Å². The van der Waals surface area contributed by atoms with Crippen molar-refractivity contribution in [1.82, 2.24) is 9.13 Å². The number of aromatic nitrogens is 2. The molecule has 2 aromatic heterocycles. The molecule has 7 nitrogen and oxygen atoms in total. The number of fused-ring (bicyclic) bond motifs is 3. The van der Waals surface area contributed by atoms with E-state index in [4.69, 9.17) is 16.3 Å². The van der Waals surface area contributed by atoms with Gasteiger partial charge in [0.05, 0.1) is 18.2 Å². The van der Waals surface area contributed by atoms with Gasteiger partial charge in [-0.3, -0.25) is 14.2 Å². The third-order valence-corrected chi connectivity index (χ3v) is 7.53.